The lowest BCUT2D eigenvalue weighted by atomic mass is 9.80. The van der Waals surface area contributed by atoms with Crippen LogP contribution in [0.4, 0.5) is 40.8 Å². The highest BCUT2D eigenvalue weighted by atomic mass is 79.9. The number of nitrogens with two attached hydrogens (primary N) is 1. The number of fused-ring (bicyclic) bond motifs is 4. The molecule has 0 saturated carbocycles. The van der Waals surface area contributed by atoms with Gasteiger partial charge in [-0.25, -0.2) is 75.5 Å². The van der Waals surface area contributed by atoms with Gasteiger partial charge in [-0.3, -0.25) is 0 Å². The summed E-state index contributed by atoms with van der Waals surface area (Å²) >= 11 is 3.45. The highest BCUT2D eigenvalue weighted by Crippen LogP contribution is 2.33. The van der Waals surface area contributed by atoms with E-state index in [4.69, 9.17) is 74.3 Å². The predicted molar refractivity (Wildman–Crippen MR) is 505 cm³/mol. The van der Waals surface area contributed by atoms with Crippen molar-refractivity contribution in [1.29, 1.82) is 0 Å². The molecule has 28 nitrogen and oxygen atoms in total. The zero-order chi connectivity index (χ0) is 92.7. The number of nitrogens with one attached hydrogen (secondary N) is 3. The van der Waals surface area contributed by atoms with E-state index < -0.39 is 7.12 Å². The molecule has 0 amide bonds. The van der Waals surface area contributed by atoms with Crippen LogP contribution in [0.15, 0.2) is 302 Å². The minimum atomic E-state index is -1.51. The maximum atomic E-state index is 13.5. The highest BCUT2D eigenvalue weighted by molar-refractivity contribution is 9.10. The van der Waals surface area contributed by atoms with E-state index in [1.807, 2.05) is 176 Å². The van der Waals surface area contributed by atoms with Crippen LogP contribution in [0, 0.1) is 23.3 Å². The van der Waals surface area contributed by atoms with Crippen LogP contribution >= 0.6 is 15.9 Å². The molecule has 0 aliphatic heterocycles. The van der Waals surface area contributed by atoms with Crippen molar-refractivity contribution in [2.45, 2.75) is 45.3 Å². The Bertz CT molecular complexity index is 6880. The highest BCUT2D eigenvalue weighted by Gasteiger charge is 2.21. The van der Waals surface area contributed by atoms with Crippen molar-refractivity contribution < 1.29 is 56.0 Å². The first-order valence-corrected chi connectivity index (χ1v) is 42.5. The summed E-state index contributed by atoms with van der Waals surface area (Å²) in [5, 5.41) is 45.7. The number of nitrogen functional groups attached to an aromatic ring is 1. The molecule has 0 aliphatic carbocycles. The molecule has 670 valence electrons. The Morgan fingerprint density at radius 2 is 0.602 bits per heavy atom. The van der Waals surface area contributed by atoms with Gasteiger partial charge in [0, 0.05) is 96.9 Å². The Balaban J connectivity index is 0.000000132. The second-order valence-corrected chi connectivity index (χ2v) is 30.6. The van der Waals surface area contributed by atoms with Gasteiger partial charge in [-0.05, 0) is 165 Å². The molecule has 133 heavy (non-hydrogen) atoms. The van der Waals surface area contributed by atoms with Crippen molar-refractivity contribution in [3.63, 3.8) is 0 Å². The van der Waals surface area contributed by atoms with E-state index in [0.717, 1.165) is 73.0 Å². The Hall–Kier alpha value is -16.2. The predicted octanol–water partition coefficient (Wildman–Crippen LogP) is 17.0. The number of benzene rings is 11. The molecule has 0 fully saturated rings. The van der Waals surface area contributed by atoms with E-state index in [1.165, 1.54) is 60.7 Å². The lowest BCUT2D eigenvalue weighted by Gasteiger charge is -2.13. The van der Waals surface area contributed by atoms with E-state index >= 15 is 0 Å². The molecule has 34 heteroatoms. The van der Waals surface area contributed by atoms with Gasteiger partial charge < -0.3 is 60.2 Å². The molecule has 19 aromatic rings. The van der Waals surface area contributed by atoms with Crippen molar-refractivity contribution in [1.82, 2.24) is 78.3 Å². The average molecular weight is 1850 g/mol. The smallest absolute Gasteiger partial charge is 0.488 e. The molecule has 0 atom stereocenters. The van der Waals surface area contributed by atoms with Crippen LogP contribution < -0.4 is 55.6 Å². The van der Waals surface area contributed by atoms with Gasteiger partial charge in [-0.1, -0.05) is 133 Å². The molecule has 8 heterocycles. The van der Waals surface area contributed by atoms with Crippen LogP contribution in [0.5, 0.6) is 34.5 Å². The summed E-state index contributed by atoms with van der Waals surface area (Å²) in [7, 11) is 8.24. The van der Waals surface area contributed by atoms with Gasteiger partial charge in [-0.2, -0.15) is 20.4 Å². The fourth-order valence-electron chi connectivity index (χ4n) is 13.9. The molecule has 19 rings (SSSR count). The van der Waals surface area contributed by atoms with Gasteiger partial charge in [-0.15, -0.1) is 0 Å². The number of hydrogen-bond donors (Lipinski definition) is 6. The largest absolute Gasteiger partial charge is 0.497 e. The minimum Gasteiger partial charge on any atom is -0.497 e. The molecule has 0 saturated heterocycles. The summed E-state index contributed by atoms with van der Waals surface area (Å²) in [6, 6.07) is 80.8. The molecule has 0 unspecified atom stereocenters. The molecule has 0 aliphatic rings. The number of aromatic nitrogens is 16. The van der Waals surface area contributed by atoms with Gasteiger partial charge >= 0.3 is 7.12 Å². The molecule has 7 N–H and O–H groups in total. The maximum absolute atomic E-state index is 13.5. The molecule has 0 radical (unpaired) electrons. The quantitative estimate of drug-likeness (QED) is 0.0206. The lowest BCUT2D eigenvalue weighted by molar-refractivity contribution is 0.391. The SMILES string of the molecule is COc1ccc(CNc2nc(-c3ccc(F)cc3)cn3nc(Cc4ccccc4)nc23)c(OC)c1.COc1ccc(CNc2nc(-c3ccc(F)cc3)cn3nc(Cc4ccccc4)nc23)c(OC)c1.COc1ccc(CNc2nc(Br)cn3nc(Cc4ccccc4)nc23)c(OC)c1.Nc1nc(-c2ccc(F)cc2)cn2nc(Cc3ccccc3)nc12.OB(O)c1ccc(F)cc1. The van der Waals surface area contributed by atoms with E-state index in [0.29, 0.717) is 159 Å². The van der Waals surface area contributed by atoms with E-state index in [1.54, 1.807) is 110 Å². The first-order chi connectivity index (χ1) is 64.8. The van der Waals surface area contributed by atoms with Gasteiger partial charge in [0.25, 0.3) is 0 Å². The van der Waals surface area contributed by atoms with Crippen LogP contribution in [0.3, 0.4) is 0 Å². The summed E-state index contributed by atoms with van der Waals surface area (Å²) in [5.41, 5.74) is 20.3. The van der Waals surface area contributed by atoms with Crippen LogP contribution in [0.2, 0.25) is 0 Å². The molecule has 11 aromatic carbocycles. The number of hydrogen-bond acceptors (Lipinski definition) is 24. The molecule has 0 spiro atoms. The van der Waals surface area contributed by atoms with E-state index in [2.05, 4.69) is 74.1 Å². The second kappa shape index (κ2) is 43.7. The van der Waals surface area contributed by atoms with Crippen LogP contribution in [0.25, 0.3) is 56.4 Å². The third-order valence-electron chi connectivity index (χ3n) is 20.7. The van der Waals surface area contributed by atoms with Crippen molar-refractivity contribution >= 4 is 74.4 Å². The topological polar surface area (TPSA) is 330 Å². The molecule has 0 bridgehead atoms. The number of halogens is 5. The number of anilines is 4. The fourth-order valence-corrected chi connectivity index (χ4v) is 14.3. The fraction of sp³-hybridized carbons (Fsp3) is 0.131. The standard InChI is InChI=1S/2C27H24FN5O2.C21H20BrN5O2.C18H14FN5.C6H6BFO2/c2*1-34-22-13-10-20(24(15-22)35-2)16-29-26-27-31-25(14-18-6-4-3-5-7-18)32-33(27)17-23(30-26)19-8-11-21(28)12-9-19;1-28-16-9-8-15(17(11-16)29-2)12-23-20-21-25-19(10-14-6-4-3-5-7-14)26-27(21)13-18(22)24-20;19-14-8-6-13(7-9-14)15-11-24-18(17(20)21-15)22-16(23-24)10-12-4-2-1-3-5-12;8-6-3-1-5(2-4-6)7(9)10/h2*3-13,15,17H,14,16H2,1-2H3,(H,29,30);3-9,11,13H,10,12H2,1-2H3,(H,23,24);1-9,11H,10H2,(H2,20,21);1-4,9-10H. The molecular formula is C99H88BBrF4N20O8. The number of methoxy groups -OCH3 is 6. The van der Waals surface area contributed by atoms with Crippen molar-refractivity contribution in [3.8, 4) is 68.3 Å². The average Bonchev–Trinajstić information content (AvgIpc) is 1.64. The Morgan fingerprint density at radius 3 is 0.902 bits per heavy atom. The van der Waals surface area contributed by atoms with Crippen molar-refractivity contribution in [2.75, 3.05) is 64.3 Å². The van der Waals surface area contributed by atoms with Crippen molar-refractivity contribution in [2.24, 2.45) is 0 Å². The first-order valence-electron chi connectivity index (χ1n) is 41.7. The van der Waals surface area contributed by atoms with Crippen molar-refractivity contribution in [3.05, 3.63) is 388 Å². The number of rotatable bonds is 27. The van der Waals surface area contributed by atoms with Crippen LogP contribution in [0.1, 0.15) is 62.2 Å². The minimum absolute atomic E-state index is 0.293. The summed E-state index contributed by atoms with van der Waals surface area (Å²) < 4.78 is 92.1. The van der Waals surface area contributed by atoms with E-state index in [9.17, 15) is 17.6 Å². The Morgan fingerprint density at radius 1 is 0.323 bits per heavy atom. The number of nitrogens with zero attached hydrogens (tertiary/aromatic N) is 16. The van der Waals surface area contributed by atoms with Gasteiger partial charge in [0.05, 0.1) is 84.5 Å². The maximum Gasteiger partial charge on any atom is 0.488 e. The molecule has 8 aromatic heterocycles. The normalized spacial score (nSPS) is 10.8. The number of ether oxygens (including phenoxy) is 6. The molecular weight excluding hydrogens is 1760 g/mol. The zero-order valence-corrected chi connectivity index (χ0v) is 74.4. The summed E-state index contributed by atoms with van der Waals surface area (Å²) in [5.74, 6) is 7.89. The third-order valence-corrected chi connectivity index (χ3v) is 21.1. The summed E-state index contributed by atoms with van der Waals surface area (Å²) in [6.45, 7) is 1.42. The van der Waals surface area contributed by atoms with Gasteiger partial charge in [0.1, 0.15) is 62.4 Å². The van der Waals surface area contributed by atoms with Crippen LogP contribution in [-0.2, 0) is 45.3 Å². The Kier molecular flexibility index (Phi) is 30.1. The monoisotopic (exact) mass is 1850 g/mol. The van der Waals surface area contributed by atoms with Crippen LogP contribution in [-0.4, -0.2) is 138 Å². The third kappa shape index (κ3) is 24.0. The first kappa shape index (κ1) is 91.6. The summed E-state index contributed by atoms with van der Waals surface area (Å²) in [4.78, 5) is 37.2. The van der Waals surface area contributed by atoms with Gasteiger partial charge in [0.15, 0.2) is 69.2 Å². The Labute approximate surface area is 770 Å². The second-order valence-electron chi connectivity index (χ2n) is 29.7. The lowest BCUT2D eigenvalue weighted by Crippen LogP contribution is -2.29. The zero-order valence-electron chi connectivity index (χ0n) is 72.8. The van der Waals surface area contributed by atoms with E-state index in [-0.39, 0.29) is 23.3 Å². The summed E-state index contributed by atoms with van der Waals surface area (Å²) in [6.07, 6.45) is 9.64. The van der Waals surface area contributed by atoms with Gasteiger partial charge in [0.2, 0.25) is 0 Å².